The Morgan fingerprint density at radius 2 is 1.68 bits per heavy atom. The molecule has 34 heavy (non-hydrogen) atoms. The highest BCUT2D eigenvalue weighted by Gasteiger charge is 2.31. The molecule has 0 N–H and O–H groups in total. The second-order valence-electron chi connectivity index (χ2n) is 9.16. The number of nitrogens with zero attached hydrogens (tertiary/aromatic N) is 4. The quantitative estimate of drug-likeness (QED) is 0.595. The lowest BCUT2D eigenvalue weighted by Crippen LogP contribution is -2.50. The molecule has 0 radical (unpaired) electrons. The van der Waals surface area contributed by atoms with Gasteiger partial charge in [-0.2, -0.15) is 5.26 Å². The van der Waals surface area contributed by atoms with E-state index in [0.29, 0.717) is 31.9 Å². The number of benzene rings is 2. The molecule has 2 aromatic carbocycles. The number of halogens is 1. The third-order valence-electron chi connectivity index (χ3n) is 7.12. The molecule has 0 atom stereocenters. The summed E-state index contributed by atoms with van der Waals surface area (Å²) in [6.07, 6.45) is 4.22. The molecule has 1 aromatic heterocycles. The number of amides is 1. The monoisotopic (exact) mass is 458 g/mol. The summed E-state index contributed by atoms with van der Waals surface area (Å²) in [7, 11) is 0. The summed E-state index contributed by atoms with van der Waals surface area (Å²) in [6.45, 7) is 2.59. The highest BCUT2D eigenvalue weighted by molar-refractivity contribution is 5.95. The van der Waals surface area contributed by atoms with E-state index in [1.165, 1.54) is 12.1 Å². The van der Waals surface area contributed by atoms with Gasteiger partial charge < -0.3 is 14.4 Å². The van der Waals surface area contributed by atoms with Crippen molar-refractivity contribution in [2.24, 2.45) is 5.92 Å². The molecule has 0 unspecified atom stereocenters. The summed E-state index contributed by atoms with van der Waals surface area (Å²) in [5.74, 6) is 0.0641. The van der Waals surface area contributed by atoms with E-state index in [9.17, 15) is 19.2 Å². The number of hydrogen-bond acceptors (Lipinski definition) is 4. The molecule has 6 nitrogen and oxygen atoms in total. The third-order valence-corrected chi connectivity index (χ3v) is 7.12. The van der Waals surface area contributed by atoms with Crippen molar-refractivity contribution >= 4 is 22.5 Å². The molecule has 1 aliphatic carbocycles. The van der Waals surface area contributed by atoms with Gasteiger partial charge in [0.2, 0.25) is 5.91 Å². The van der Waals surface area contributed by atoms with Crippen LogP contribution in [0.1, 0.15) is 36.8 Å². The van der Waals surface area contributed by atoms with E-state index in [1.54, 1.807) is 16.7 Å². The van der Waals surface area contributed by atoms with Crippen molar-refractivity contribution in [3.8, 4) is 6.07 Å². The lowest BCUT2D eigenvalue weighted by atomic mass is 10.0. The molecule has 1 saturated heterocycles. The summed E-state index contributed by atoms with van der Waals surface area (Å²) >= 11 is 0. The van der Waals surface area contributed by atoms with Crippen LogP contribution in [0.2, 0.25) is 0 Å². The Kier molecular flexibility index (Phi) is 6.06. The van der Waals surface area contributed by atoms with E-state index >= 15 is 0 Å². The van der Waals surface area contributed by atoms with Crippen molar-refractivity contribution in [3.63, 3.8) is 0 Å². The molecule has 2 heterocycles. The van der Waals surface area contributed by atoms with E-state index in [0.717, 1.165) is 42.1 Å². The first kappa shape index (κ1) is 22.1. The SMILES string of the molecule is N#Cc1c(N2CCN(C(=O)C3CCCC3)CC2)c2ccccc2n(Cc2ccc(F)cc2)c1=O. The van der Waals surface area contributed by atoms with Gasteiger partial charge in [0.15, 0.2) is 0 Å². The Bertz CT molecular complexity index is 1310. The van der Waals surface area contributed by atoms with E-state index in [-0.39, 0.29) is 35.3 Å². The molecule has 174 valence electrons. The Labute approximate surface area is 197 Å². The Balaban J connectivity index is 1.49. The first-order valence-electron chi connectivity index (χ1n) is 11.9. The van der Waals surface area contributed by atoms with Crippen LogP contribution in [-0.2, 0) is 11.3 Å². The van der Waals surface area contributed by atoms with Gasteiger partial charge in [0, 0.05) is 37.5 Å². The maximum Gasteiger partial charge on any atom is 0.271 e. The Hall–Kier alpha value is -3.66. The van der Waals surface area contributed by atoms with Gasteiger partial charge in [-0.25, -0.2) is 4.39 Å². The van der Waals surface area contributed by atoms with Gasteiger partial charge in [-0.3, -0.25) is 9.59 Å². The fraction of sp³-hybridized carbons (Fsp3) is 0.370. The average Bonchev–Trinajstić information content (AvgIpc) is 3.41. The minimum Gasteiger partial charge on any atom is -0.366 e. The average molecular weight is 459 g/mol. The molecule has 0 bridgehead atoms. The number of hydrogen-bond donors (Lipinski definition) is 0. The second kappa shape index (κ2) is 9.30. The molecular weight excluding hydrogens is 431 g/mol. The molecular formula is C27H27FN4O2. The number of pyridine rings is 1. The lowest BCUT2D eigenvalue weighted by Gasteiger charge is -2.38. The van der Waals surface area contributed by atoms with Gasteiger partial charge in [0.05, 0.1) is 17.7 Å². The van der Waals surface area contributed by atoms with Gasteiger partial charge >= 0.3 is 0 Å². The first-order valence-corrected chi connectivity index (χ1v) is 11.9. The summed E-state index contributed by atoms with van der Waals surface area (Å²) < 4.78 is 14.9. The summed E-state index contributed by atoms with van der Waals surface area (Å²) in [4.78, 5) is 30.3. The van der Waals surface area contributed by atoms with Crippen molar-refractivity contribution in [1.82, 2.24) is 9.47 Å². The lowest BCUT2D eigenvalue weighted by molar-refractivity contribution is -0.135. The van der Waals surface area contributed by atoms with Crippen LogP contribution in [0.25, 0.3) is 10.9 Å². The zero-order valence-corrected chi connectivity index (χ0v) is 19.0. The van der Waals surface area contributed by atoms with Crippen molar-refractivity contribution < 1.29 is 9.18 Å². The standard InChI is InChI=1S/C27H27FN4O2/c28-21-11-9-19(10-12-21)18-32-24-8-4-3-7-22(24)25(23(17-29)27(32)34)30-13-15-31(16-14-30)26(33)20-5-1-2-6-20/h3-4,7-12,20H,1-2,5-6,13-16,18H2. The van der Waals surface area contributed by atoms with Gasteiger partial charge in [-0.1, -0.05) is 43.2 Å². The smallest absolute Gasteiger partial charge is 0.271 e. The molecule has 1 aliphatic heterocycles. The molecule has 2 fully saturated rings. The maximum absolute atomic E-state index is 13.5. The minimum absolute atomic E-state index is 0.108. The van der Waals surface area contributed by atoms with Crippen LogP contribution in [0.15, 0.2) is 53.3 Å². The first-order chi connectivity index (χ1) is 16.6. The van der Waals surface area contributed by atoms with Gasteiger partial charge in [-0.05, 0) is 36.6 Å². The summed E-state index contributed by atoms with van der Waals surface area (Å²) in [6, 6.07) is 15.8. The fourth-order valence-corrected chi connectivity index (χ4v) is 5.33. The Morgan fingerprint density at radius 1 is 1.00 bits per heavy atom. The molecule has 0 spiro atoms. The van der Waals surface area contributed by atoms with Gasteiger partial charge in [0.1, 0.15) is 17.4 Å². The number of nitriles is 1. The van der Waals surface area contributed by atoms with E-state index < -0.39 is 0 Å². The largest absolute Gasteiger partial charge is 0.366 e. The number of para-hydroxylation sites is 1. The van der Waals surface area contributed by atoms with E-state index in [1.807, 2.05) is 29.2 Å². The molecule has 2 aliphatic rings. The number of rotatable bonds is 4. The number of fused-ring (bicyclic) bond motifs is 1. The predicted molar refractivity (Wildman–Crippen MR) is 129 cm³/mol. The zero-order valence-electron chi connectivity index (χ0n) is 19.0. The number of aromatic nitrogens is 1. The summed E-state index contributed by atoms with van der Waals surface area (Å²) in [5, 5.41) is 10.8. The molecule has 1 amide bonds. The molecule has 7 heteroatoms. The number of anilines is 1. The normalized spacial score (nSPS) is 16.7. The molecule has 3 aromatic rings. The van der Waals surface area contributed by atoms with Crippen LogP contribution in [0.5, 0.6) is 0 Å². The minimum atomic E-state index is -0.356. The van der Waals surface area contributed by atoms with Crippen molar-refractivity contribution in [3.05, 3.63) is 75.8 Å². The van der Waals surface area contributed by atoms with Crippen LogP contribution in [-0.4, -0.2) is 41.6 Å². The van der Waals surface area contributed by atoms with E-state index in [4.69, 9.17) is 0 Å². The number of piperazine rings is 1. The highest BCUT2D eigenvalue weighted by Crippen LogP contribution is 2.31. The van der Waals surface area contributed by atoms with Crippen molar-refractivity contribution in [2.75, 3.05) is 31.1 Å². The fourth-order valence-electron chi connectivity index (χ4n) is 5.33. The molecule has 1 saturated carbocycles. The Morgan fingerprint density at radius 3 is 2.35 bits per heavy atom. The van der Waals surface area contributed by atoms with Crippen LogP contribution < -0.4 is 10.5 Å². The topological polar surface area (TPSA) is 69.3 Å². The van der Waals surface area contributed by atoms with Crippen LogP contribution in [0.4, 0.5) is 10.1 Å². The van der Waals surface area contributed by atoms with Crippen LogP contribution >= 0.6 is 0 Å². The zero-order chi connectivity index (χ0) is 23.7. The highest BCUT2D eigenvalue weighted by atomic mass is 19.1. The molecule has 5 rings (SSSR count). The van der Waals surface area contributed by atoms with Crippen molar-refractivity contribution in [2.45, 2.75) is 32.2 Å². The van der Waals surface area contributed by atoms with E-state index in [2.05, 4.69) is 11.0 Å². The third kappa shape index (κ3) is 4.05. The maximum atomic E-state index is 13.5. The van der Waals surface area contributed by atoms with Crippen LogP contribution in [0.3, 0.4) is 0 Å². The van der Waals surface area contributed by atoms with Gasteiger partial charge in [-0.15, -0.1) is 0 Å². The van der Waals surface area contributed by atoms with Crippen LogP contribution in [0, 0.1) is 23.1 Å². The number of carbonyl (C=O) groups excluding carboxylic acids is 1. The summed E-state index contributed by atoms with van der Waals surface area (Å²) in [5.41, 5.74) is 1.91. The van der Waals surface area contributed by atoms with Crippen molar-refractivity contribution in [1.29, 1.82) is 5.26 Å². The second-order valence-corrected chi connectivity index (χ2v) is 9.16. The number of carbonyl (C=O) groups is 1. The van der Waals surface area contributed by atoms with Gasteiger partial charge in [0.25, 0.3) is 5.56 Å². The predicted octanol–water partition coefficient (Wildman–Crippen LogP) is 3.90.